The molecule has 2 aliphatic heterocycles. The largest absolute Gasteiger partial charge is 0.394 e. The topological polar surface area (TPSA) is 110 Å². The van der Waals surface area contributed by atoms with Crippen molar-refractivity contribution < 1.29 is 14.7 Å². The maximum absolute atomic E-state index is 13.0. The molecule has 0 spiro atoms. The average molecular weight is 572 g/mol. The molecule has 3 unspecified atom stereocenters. The fraction of sp³-hybridized carbons (Fsp3) is 0.680. The van der Waals surface area contributed by atoms with Gasteiger partial charge in [0.15, 0.2) is 0 Å². The lowest BCUT2D eigenvalue weighted by molar-refractivity contribution is -0.127. The molecular formula is C25H33Cl3N6O3. The van der Waals surface area contributed by atoms with Crippen molar-refractivity contribution >= 4 is 46.6 Å². The summed E-state index contributed by atoms with van der Waals surface area (Å²) in [5.41, 5.74) is 3.71. The normalized spacial score (nSPS) is 30.9. The van der Waals surface area contributed by atoms with E-state index in [4.69, 9.17) is 34.8 Å². The third-order valence-corrected chi connectivity index (χ3v) is 8.74. The molecule has 0 fully saturated rings. The zero-order valence-corrected chi connectivity index (χ0v) is 23.2. The highest BCUT2D eigenvalue weighted by molar-refractivity contribution is 6.28. The lowest BCUT2D eigenvalue weighted by atomic mass is 9.79. The average Bonchev–Trinajstić information content (AvgIpc) is 3.35. The van der Waals surface area contributed by atoms with Crippen LogP contribution < -0.4 is 0 Å². The van der Waals surface area contributed by atoms with Gasteiger partial charge < -0.3 is 10.0 Å². The molecule has 0 saturated heterocycles. The Morgan fingerprint density at radius 3 is 2.73 bits per heavy atom. The number of rotatable bonds is 7. The second kappa shape index (κ2) is 12.4. The summed E-state index contributed by atoms with van der Waals surface area (Å²) < 4.78 is 0. The maximum atomic E-state index is 13.0. The summed E-state index contributed by atoms with van der Waals surface area (Å²) in [5, 5.41) is 26.5. The fourth-order valence-electron chi connectivity index (χ4n) is 5.14. The van der Waals surface area contributed by atoms with Crippen molar-refractivity contribution in [3.05, 3.63) is 34.9 Å². The van der Waals surface area contributed by atoms with Gasteiger partial charge in [-0.15, -0.1) is 39.9 Å². The molecule has 202 valence electrons. The SMILES string of the molecule is C=C(C)C1CN(C[C@@H](CO)N=NC(=O)C2C(Cl)CC3=C(CCN(C(=O)C4=CC[C@H](Cl)CC4)C3)[C@H]2Cl)N=N1. The molecule has 4 aliphatic rings. The summed E-state index contributed by atoms with van der Waals surface area (Å²) in [6.45, 7) is 7.32. The fourth-order valence-corrected chi connectivity index (χ4v) is 6.40. The van der Waals surface area contributed by atoms with E-state index < -0.39 is 28.6 Å². The van der Waals surface area contributed by atoms with Crippen LogP contribution in [-0.4, -0.2) is 87.8 Å². The molecule has 4 rings (SSSR count). The molecule has 37 heavy (non-hydrogen) atoms. The lowest BCUT2D eigenvalue weighted by Gasteiger charge is -2.40. The number of azo groups is 1. The summed E-state index contributed by atoms with van der Waals surface area (Å²) in [7, 11) is 0. The van der Waals surface area contributed by atoms with Crippen LogP contribution in [0.2, 0.25) is 0 Å². The summed E-state index contributed by atoms with van der Waals surface area (Å²) in [6, 6.07) is -0.721. The first-order valence-electron chi connectivity index (χ1n) is 12.7. The van der Waals surface area contributed by atoms with Crippen molar-refractivity contribution in [3.8, 4) is 0 Å². The van der Waals surface area contributed by atoms with Gasteiger partial charge in [0.2, 0.25) is 5.91 Å². The van der Waals surface area contributed by atoms with Gasteiger partial charge in [0, 0.05) is 24.0 Å². The minimum absolute atomic E-state index is 0.0431. The van der Waals surface area contributed by atoms with Gasteiger partial charge in [-0.1, -0.05) is 23.5 Å². The quantitative estimate of drug-likeness (QED) is 0.277. The number of aliphatic hydroxyl groups excluding tert-OH is 1. The van der Waals surface area contributed by atoms with Gasteiger partial charge in [-0.3, -0.25) is 14.6 Å². The lowest BCUT2D eigenvalue weighted by Crippen LogP contribution is -2.45. The highest BCUT2D eigenvalue weighted by Crippen LogP contribution is 2.41. The first-order valence-corrected chi connectivity index (χ1v) is 14.0. The van der Waals surface area contributed by atoms with Crippen molar-refractivity contribution in [1.82, 2.24) is 9.91 Å². The molecule has 0 aromatic heterocycles. The molecule has 0 bridgehead atoms. The van der Waals surface area contributed by atoms with Gasteiger partial charge in [0.1, 0.15) is 12.1 Å². The zero-order chi connectivity index (χ0) is 26.7. The number of allylic oxidation sites excluding steroid dienone is 1. The first-order chi connectivity index (χ1) is 17.7. The summed E-state index contributed by atoms with van der Waals surface area (Å²) in [4.78, 5) is 27.9. The number of carbonyl (C=O) groups excluding carboxylic acids is 2. The predicted molar refractivity (Wildman–Crippen MR) is 143 cm³/mol. The molecule has 0 aromatic rings. The molecule has 2 amide bonds. The number of halogens is 3. The minimum atomic E-state index is -0.728. The number of aliphatic hydroxyl groups is 1. The molecule has 6 atom stereocenters. The van der Waals surface area contributed by atoms with Crippen LogP contribution in [0.25, 0.3) is 0 Å². The van der Waals surface area contributed by atoms with Crippen LogP contribution in [-0.2, 0) is 9.59 Å². The van der Waals surface area contributed by atoms with Crippen molar-refractivity contribution in [2.75, 3.05) is 32.8 Å². The predicted octanol–water partition coefficient (Wildman–Crippen LogP) is 4.43. The van der Waals surface area contributed by atoms with Crippen molar-refractivity contribution in [2.45, 2.75) is 67.2 Å². The van der Waals surface area contributed by atoms with Gasteiger partial charge >= 0.3 is 0 Å². The van der Waals surface area contributed by atoms with E-state index in [1.807, 2.05) is 17.9 Å². The monoisotopic (exact) mass is 570 g/mol. The molecule has 0 aromatic carbocycles. The number of hydrogen-bond acceptors (Lipinski definition) is 7. The van der Waals surface area contributed by atoms with E-state index in [0.29, 0.717) is 45.3 Å². The molecule has 12 heteroatoms. The van der Waals surface area contributed by atoms with Gasteiger partial charge in [-0.05, 0) is 50.2 Å². The third kappa shape index (κ3) is 6.61. The highest BCUT2D eigenvalue weighted by Gasteiger charge is 2.43. The van der Waals surface area contributed by atoms with E-state index >= 15 is 0 Å². The third-order valence-electron chi connectivity index (χ3n) is 7.38. The molecule has 1 N–H and O–H groups in total. The summed E-state index contributed by atoms with van der Waals surface area (Å²) >= 11 is 19.6. The highest BCUT2D eigenvalue weighted by atomic mass is 35.5. The Balaban J connectivity index is 1.37. The molecule has 2 heterocycles. The van der Waals surface area contributed by atoms with Gasteiger partial charge in [-0.25, -0.2) is 0 Å². The maximum Gasteiger partial charge on any atom is 0.270 e. The van der Waals surface area contributed by atoms with Crippen molar-refractivity contribution in [3.63, 3.8) is 0 Å². The Morgan fingerprint density at radius 2 is 2.08 bits per heavy atom. The Hall–Kier alpha value is -1.81. The number of alkyl halides is 3. The van der Waals surface area contributed by atoms with Crippen molar-refractivity contribution in [2.24, 2.45) is 26.5 Å². The Bertz CT molecular complexity index is 1040. The van der Waals surface area contributed by atoms with Gasteiger partial charge in [0.25, 0.3) is 5.91 Å². The second-order valence-electron chi connectivity index (χ2n) is 10.2. The molecule has 0 radical (unpaired) electrons. The molecular weight excluding hydrogens is 539 g/mol. The van der Waals surface area contributed by atoms with E-state index in [0.717, 1.165) is 28.7 Å². The Labute approximate surface area is 232 Å². The molecule has 0 saturated carbocycles. The van der Waals surface area contributed by atoms with E-state index in [1.165, 1.54) is 0 Å². The standard InChI is InChI=1S/C25H33Cl3N6O3/c1-14(2)21-12-34(32-30-21)11-18(13-35)29-31-24(36)22-20(27)9-16-10-33(8-7-19(16)23(22)28)25(37)15-3-5-17(26)6-4-15/h3,17-18,20-23,35H,1,4-13H2,2H3/t17-,18-,20?,21?,22?,23+/m0/s1. The summed E-state index contributed by atoms with van der Waals surface area (Å²) in [6.07, 6.45) is 5.21. The number of hydrogen-bond donors (Lipinski definition) is 1. The van der Waals surface area contributed by atoms with E-state index in [1.54, 1.807) is 5.01 Å². The number of nitrogens with zero attached hydrogens (tertiary/aromatic N) is 6. The van der Waals surface area contributed by atoms with Crippen LogP contribution in [0.5, 0.6) is 0 Å². The van der Waals surface area contributed by atoms with Crippen LogP contribution in [0.4, 0.5) is 0 Å². The van der Waals surface area contributed by atoms with Crippen LogP contribution in [0.3, 0.4) is 0 Å². The second-order valence-corrected chi connectivity index (χ2v) is 11.8. The minimum Gasteiger partial charge on any atom is -0.394 e. The van der Waals surface area contributed by atoms with E-state index in [-0.39, 0.29) is 30.5 Å². The van der Waals surface area contributed by atoms with Gasteiger partial charge in [0.05, 0.1) is 36.4 Å². The Kier molecular flexibility index (Phi) is 9.43. The van der Waals surface area contributed by atoms with Gasteiger partial charge in [-0.2, -0.15) is 10.2 Å². The number of carbonyl (C=O) groups is 2. The Morgan fingerprint density at radius 1 is 1.30 bits per heavy atom. The van der Waals surface area contributed by atoms with E-state index in [9.17, 15) is 14.7 Å². The smallest absolute Gasteiger partial charge is 0.270 e. The van der Waals surface area contributed by atoms with Crippen LogP contribution >= 0.6 is 34.8 Å². The van der Waals surface area contributed by atoms with Crippen LogP contribution in [0, 0.1) is 5.92 Å². The zero-order valence-electron chi connectivity index (χ0n) is 20.9. The van der Waals surface area contributed by atoms with Crippen molar-refractivity contribution in [1.29, 1.82) is 0 Å². The number of amides is 2. The molecule has 9 nitrogen and oxygen atoms in total. The molecule has 2 aliphatic carbocycles. The first kappa shape index (κ1) is 28.2. The van der Waals surface area contributed by atoms with E-state index in [2.05, 4.69) is 27.1 Å². The summed E-state index contributed by atoms with van der Waals surface area (Å²) in [5.74, 6) is -1.19. The van der Waals surface area contributed by atoms with Crippen LogP contribution in [0.15, 0.2) is 55.5 Å². The van der Waals surface area contributed by atoms with Crippen LogP contribution in [0.1, 0.15) is 39.0 Å².